The Morgan fingerprint density at radius 3 is 2.78 bits per heavy atom. The van der Waals surface area contributed by atoms with Crippen LogP contribution in [-0.4, -0.2) is 35.5 Å². The van der Waals surface area contributed by atoms with Gasteiger partial charge in [0, 0.05) is 10.4 Å². The van der Waals surface area contributed by atoms with Gasteiger partial charge in [-0.15, -0.1) is 0 Å². The highest BCUT2D eigenvalue weighted by Crippen LogP contribution is 2.36. The van der Waals surface area contributed by atoms with Crippen molar-refractivity contribution in [3.63, 3.8) is 0 Å². The largest absolute Gasteiger partial charge is 0.493 e. The van der Waals surface area contributed by atoms with Crippen LogP contribution in [0.3, 0.4) is 0 Å². The zero-order valence-electron chi connectivity index (χ0n) is 17.8. The molecule has 3 rings (SSSR count). The van der Waals surface area contributed by atoms with Crippen molar-refractivity contribution in [1.29, 1.82) is 0 Å². The number of nitrogens with two attached hydrogens (primary N) is 1. The molecule has 0 saturated carbocycles. The van der Waals surface area contributed by atoms with Crippen molar-refractivity contribution in [2.75, 3.05) is 13.7 Å². The predicted molar refractivity (Wildman–Crippen MR) is 128 cm³/mol. The van der Waals surface area contributed by atoms with E-state index < -0.39 is 5.91 Å². The van der Waals surface area contributed by atoms with E-state index in [9.17, 15) is 9.59 Å². The molecule has 32 heavy (non-hydrogen) atoms. The zero-order chi connectivity index (χ0) is 23.4. The minimum Gasteiger partial charge on any atom is -0.493 e. The van der Waals surface area contributed by atoms with Gasteiger partial charge in [-0.25, -0.2) is 4.98 Å². The van der Waals surface area contributed by atoms with Gasteiger partial charge in [0.1, 0.15) is 5.82 Å². The number of aromatic nitrogens is 2. The van der Waals surface area contributed by atoms with E-state index >= 15 is 0 Å². The maximum atomic E-state index is 13.2. The standard InChI is InChI=1S/C22H22BrClN4O4/c1-4-12(2)21-27-17-6-5-14(23)9-15(17)22(30)28(21)26-10-13-7-16(24)20(18(8-13)31-3)32-11-19(25)29/h5-10,12H,4,11H2,1-3H3,(H2,25,29)/t12-/m0/s1. The molecule has 0 radical (unpaired) electrons. The number of ether oxygens (including phenoxy) is 2. The van der Waals surface area contributed by atoms with Crippen LogP contribution >= 0.6 is 27.5 Å². The molecule has 0 spiro atoms. The van der Waals surface area contributed by atoms with E-state index in [1.807, 2.05) is 19.9 Å². The summed E-state index contributed by atoms with van der Waals surface area (Å²) in [6, 6.07) is 8.59. The van der Waals surface area contributed by atoms with Gasteiger partial charge in [-0.3, -0.25) is 9.59 Å². The molecule has 1 aromatic heterocycles. The summed E-state index contributed by atoms with van der Waals surface area (Å²) in [7, 11) is 1.44. The number of benzene rings is 2. The van der Waals surface area contributed by atoms with Crippen LogP contribution in [-0.2, 0) is 4.79 Å². The number of hydrogen-bond donors (Lipinski definition) is 1. The first-order chi connectivity index (χ1) is 15.2. The average Bonchev–Trinajstić information content (AvgIpc) is 2.76. The van der Waals surface area contributed by atoms with Crippen LogP contribution in [0, 0.1) is 0 Å². The van der Waals surface area contributed by atoms with Crippen molar-refractivity contribution >= 4 is 50.6 Å². The predicted octanol–water partition coefficient (Wildman–Crippen LogP) is 4.08. The van der Waals surface area contributed by atoms with Gasteiger partial charge in [0.25, 0.3) is 11.5 Å². The first-order valence-electron chi connectivity index (χ1n) is 9.80. The maximum absolute atomic E-state index is 13.2. The Kier molecular flexibility index (Phi) is 7.52. The van der Waals surface area contributed by atoms with Gasteiger partial charge >= 0.3 is 0 Å². The van der Waals surface area contributed by atoms with Gasteiger partial charge in [0.2, 0.25) is 0 Å². The molecule has 0 fully saturated rings. The zero-order valence-corrected chi connectivity index (χ0v) is 20.1. The monoisotopic (exact) mass is 520 g/mol. The van der Waals surface area contributed by atoms with Crippen LogP contribution < -0.4 is 20.8 Å². The van der Waals surface area contributed by atoms with Crippen LogP contribution in [0.2, 0.25) is 5.02 Å². The fourth-order valence-electron chi connectivity index (χ4n) is 3.00. The second kappa shape index (κ2) is 10.1. The van der Waals surface area contributed by atoms with Crippen molar-refractivity contribution in [2.24, 2.45) is 10.8 Å². The highest BCUT2D eigenvalue weighted by Gasteiger charge is 2.16. The Balaban J connectivity index is 2.09. The normalized spacial score (nSPS) is 12.3. The molecule has 0 aliphatic carbocycles. The second-order valence-corrected chi connectivity index (χ2v) is 8.41. The third-order valence-corrected chi connectivity index (χ3v) is 5.59. The van der Waals surface area contributed by atoms with Crippen molar-refractivity contribution in [1.82, 2.24) is 9.66 Å². The quantitative estimate of drug-likeness (QED) is 0.449. The van der Waals surface area contributed by atoms with Gasteiger partial charge < -0.3 is 15.2 Å². The Labute approximate surface area is 198 Å². The summed E-state index contributed by atoms with van der Waals surface area (Å²) in [5.74, 6) is 0.426. The minimum absolute atomic E-state index is 0.00981. The SMILES string of the molecule is CC[C@H](C)c1nc2ccc(Br)cc2c(=O)n1N=Cc1cc(Cl)c(OCC(N)=O)c(OC)c1. The molecule has 0 aliphatic heterocycles. The van der Waals surface area contributed by atoms with E-state index in [0.29, 0.717) is 28.0 Å². The number of nitrogens with zero attached hydrogens (tertiary/aromatic N) is 3. The molecular formula is C22H22BrClN4O4. The molecule has 0 unspecified atom stereocenters. The number of methoxy groups -OCH3 is 1. The minimum atomic E-state index is -0.638. The lowest BCUT2D eigenvalue weighted by Gasteiger charge is -2.14. The third kappa shape index (κ3) is 5.11. The molecule has 168 valence electrons. The molecule has 0 saturated heterocycles. The number of rotatable bonds is 8. The Morgan fingerprint density at radius 1 is 1.38 bits per heavy atom. The number of halogens is 2. The molecule has 0 bridgehead atoms. The smallest absolute Gasteiger partial charge is 0.282 e. The first-order valence-corrected chi connectivity index (χ1v) is 11.0. The Hall–Kier alpha value is -2.91. The summed E-state index contributed by atoms with van der Waals surface area (Å²) in [5.41, 5.74) is 6.03. The van der Waals surface area contributed by atoms with Gasteiger partial charge in [-0.2, -0.15) is 9.78 Å². The van der Waals surface area contributed by atoms with E-state index in [1.165, 1.54) is 18.0 Å². The number of amides is 1. The van der Waals surface area contributed by atoms with E-state index in [0.717, 1.165) is 10.9 Å². The van der Waals surface area contributed by atoms with Crippen molar-refractivity contribution < 1.29 is 14.3 Å². The van der Waals surface area contributed by atoms with Gasteiger partial charge in [-0.05, 0) is 42.3 Å². The highest BCUT2D eigenvalue weighted by molar-refractivity contribution is 9.10. The molecule has 2 N–H and O–H groups in total. The van der Waals surface area contributed by atoms with E-state index in [4.69, 9.17) is 26.8 Å². The van der Waals surface area contributed by atoms with E-state index in [-0.39, 0.29) is 28.9 Å². The summed E-state index contributed by atoms with van der Waals surface area (Å²) in [6.45, 7) is 3.67. The van der Waals surface area contributed by atoms with Crippen molar-refractivity contribution in [3.05, 3.63) is 61.6 Å². The van der Waals surface area contributed by atoms with Crippen molar-refractivity contribution in [3.8, 4) is 11.5 Å². The van der Waals surface area contributed by atoms with E-state index in [1.54, 1.807) is 24.3 Å². The fourth-order valence-corrected chi connectivity index (χ4v) is 3.64. The number of carbonyl (C=O) groups excluding carboxylic acids is 1. The lowest BCUT2D eigenvalue weighted by Crippen LogP contribution is -2.23. The summed E-state index contributed by atoms with van der Waals surface area (Å²) < 4.78 is 12.7. The van der Waals surface area contributed by atoms with Crippen LogP contribution in [0.5, 0.6) is 11.5 Å². The van der Waals surface area contributed by atoms with Gasteiger partial charge in [-0.1, -0.05) is 41.4 Å². The molecule has 3 aromatic rings. The Morgan fingerprint density at radius 2 is 2.12 bits per heavy atom. The fraction of sp³-hybridized carbons (Fsp3) is 0.273. The van der Waals surface area contributed by atoms with Gasteiger partial charge in [0.15, 0.2) is 18.1 Å². The summed E-state index contributed by atoms with van der Waals surface area (Å²) in [5, 5.41) is 5.08. The molecular weight excluding hydrogens is 500 g/mol. The molecule has 8 nitrogen and oxygen atoms in total. The molecule has 1 amide bonds. The molecule has 2 aromatic carbocycles. The van der Waals surface area contributed by atoms with Crippen LogP contribution in [0.4, 0.5) is 0 Å². The van der Waals surface area contributed by atoms with Crippen molar-refractivity contribution in [2.45, 2.75) is 26.2 Å². The Bertz CT molecular complexity index is 1260. The lowest BCUT2D eigenvalue weighted by molar-refractivity contribution is -0.119. The van der Waals surface area contributed by atoms with Crippen LogP contribution in [0.1, 0.15) is 37.6 Å². The number of carbonyl (C=O) groups is 1. The number of primary amides is 1. The number of hydrogen-bond acceptors (Lipinski definition) is 6. The topological polar surface area (TPSA) is 109 Å². The average molecular weight is 522 g/mol. The second-order valence-electron chi connectivity index (χ2n) is 7.09. The van der Waals surface area contributed by atoms with E-state index in [2.05, 4.69) is 26.0 Å². The van der Waals surface area contributed by atoms with Gasteiger partial charge in [0.05, 0.1) is 29.2 Å². The molecule has 0 aliphatic rings. The summed E-state index contributed by atoms with van der Waals surface area (Å²) in [6.07, 6.45) is 2.28. The molecule has 10 heteroatoms. The lowest BCUT2D eigenvalue weighted by atomic mass is 10.1. The maximum Gasteiger partial charge on any atom is 0.282 e. The van der Waals surface area contributed by atoms with Crippen LogP contribution in [0.25, 0.3) is 10.9 Å². The third-order valence-electron chi connectivity index (χ3n) is 4.82. The number of fused-ring (bicyclic) bond motifs is 1. The summed E-state index contributed by atoms with van der Waals surface area (Å²) in [4.78, 5) is 28.9. The highest BCUT2D eigenvalue weighted by atomic mass is 79.9. The summed E-state index contributed by atoms with van der Waals surface area (Å²) >= 11 is 9.70. The molecule has 1 atom stereocenters. The first kappa shape index (κ1) is 23.7. The molecule has 1 heterocycles. The van der Waals surface area contributed by atoms with Crippen LogP contribution in [0.15, 0.2) is 44.7 Å².